The summed E-state index contributed by atoms with van der Waals surface area (Å²) in [4.78, 5) is 24.7. The maximum absolute atomic E-state index is 12.8. The summed E-state index contributed by atoms with van der Waals surface area (Å²) < 4.78 is 16.1. The van der Waals surface area contributed by atoms with Crippen LogP contribution in [-0.2, 0) is 19.0 Å². The molecule has 0 spiro atoms. The fraction of sp³-hybridized carbons (Fsp3) is 0.417. The van der Waals surface area contributed by atoms with E-state index >= 15 is 0 Å². The summed E-state index contributed by atoms with van der Waals surface area (Å²) in [7, 11) is 0. The highest BCUT2D eigenvalue weighted by Gasteiger charge is 2.18. The molecule has 0 aliphatic carbocycles. The summed E-state index contributed by atoms with van der Waals surface area (Å²) in [6.07, 6.45) is 7.33. The van der Waals surface area contributed by atoms with E-state index in [1.54, 1.807) is 17.8 Å². The molecule has 1 aromatic carbocycles. The molecule has 6 nitrogen and oxygen atoms in total. The molecular weight excluding hydrogens is 416 g/mol. The van der Waals surface area contributed by atoms with E-state index in [9.17, 15) is 14.7 Å². The van der Waals surface area contributed by atoms with Gasteiger partial charge in [0.05, 0.1) is 13.2 Å². The van der Waals surface area contributed by atoms with Gasteiger partial charge in [0, 0.05) is 34.8 Å². The lowest BCUT2D eigenvalue weighted by molar-refractivity contribution is -0.137. The minimum atomic E-state index is -0.788. The molecule has 0 amide bonds. The van der Waals surface area contributed by atoms with E-state index in [1.807, 2.05) is 43.3 Å². The lowest BCUT2D eigenvalue weighted by Crippen LogP contribution is -2.22. The number of unbranched alkanes of at least 4 members (excludes halogenated alkanes) is 1. The fourth-order valence-electron chi connectivity index (χ4n) is 2.82. The van der Waals surface area contributed by atoms with Crippen molar-refractivity contribution in [3.05, 3.63) is 66.5 Å². The van der Waals surface area contributed by atoms with Crippen LogP contribution in [0, 0.1) is 5.92 Å². The number of fused-ring (bicyclic) bond motifs is 1. The zero-order valence-corrected chi connectivity index (χ0v) is 18.6. The molecule has 1 aliphatic heterocycles. The third-order valence-corrected chi connectivity index (χ3v) is 5.47. The second-order valence-electron chi connectivity index (χ2n) is 7.05. The number of allylic oxidation sites excluding steroid dienone is 2. The molecule has 0 aromatic heterocycles. The molecule has 0 saturated carbocycles. The Morgan fingerprint density at radius 3 is 2.87 bits per heavy atom. The molecule has 2 atom stereocenters. The number of aliphatic hydroxyl groups is 1. The Bertz CT molecular complexity index is 801. The number of thioether (sulfide) groups is 1. The lowest BCUT2D eigenvalue weighted by atomic mass is 9.98. The Balaban J connectivity index is 1.76. The standard InChI is InChI=1S/C24H30O6S/c1-3-23(26)29-13-7-6-12-28-16-19(25)17-30-20-9-8-14-31-22-11-5-4-10-21(22)24(27)18(2)15-20/h3-5,8-11,15,18-19,25H,1,6-7,12-14,16-17H2,2H3/b9-8-,20-15+. The second kappa shape index (κ2) is 13.9. The lowest BCUT2D eigenvalue weighted by Gasteiger charge is -2.16. The number of carbonyl (C=O) groups excluding carboxylic acids is 2. The third kappa shape index (κ3) is 9.12. The summed E-state index contributed by atoms with van der Waals surface area (Å²) in [6, 6.07) is 7.62. The normalized spacial score (nSPS) is 20.0. The van der Waals surface area contributed by atoms with Gasteiger partial charge in [-0.2, -0.15) is 0 Å². The minimum absolute atomic E-state index is 0.0437. The van der Waals surface area contributed by atoms with Crippen LogP contribution >= 0.6 is 11.8 Å². The van der Waals surface area contributed by atoms with Crippen LogP contribution in [0.15, 0.2) is 65.8 Å². The number of benzene rings is 1. The highest BCUT2D eigenvalue weighted by atomic mass is 32.2. The van der Waals surface area contributed by atoms with Crippen molar-refractivity contribution in [3.8, 4) is 0 Å². The molecule has 0 bridgehead atoms. The van der Waals surface area contributed by atoms with Gasteiger partial charge >= 0.3 is 5.97 Å². The van der Waals surface area contributed by atoms with Crippen molar-refractivity contribution < 1.29 is 28.9 Å². The van der Waals surface area contributed by atoms with Crippen LogP contribution in [0.3, 0.4) is 0 Å². The van der Waals surface area contributed by atoms with Gasteiger partial charge in [0.25, 0.3) is 0 Å². The average molecular weight is 447 g/mol. The summed E-state index contributed by atoms with van der Waals surface area (Å²) >= 11 is 1.61. The van der Waals surface area contributed by atoms with E-state index in [4.69, 9.17) is 14.2 Å². The molecule has 2 unspecified atom stereocenters. The molecule has 31 heavy (non-hydrogen) atoms. The summed E-state index contributed by atoms with van der Waals surface area (Å²) in [5, 5.41) is 10.1. The second-order valence-corrected chi connectivity index (χ2v) is 8.11. The largest absolute Gasteiger partial charge is 0.491 e. The highest BCUT2D eigenvalue weighted by molar-refractivity contribution is 7.99. The van der Waals surface area contributed by atoms with Crippen LogP contribution in [0.25, 0.3) is 0 Å². The van der Waals surface area contributed by atoms with E-state index in [0.29, 0.717) is 37.6 Å². The zero-order chi connectivity index (χ0) is 22.5. The van der Waals surface area contributed by atoms with E-state index in [-0.39, 0.29) is 24.9 Å². The molecule has 168 valence electrons. The molecule has 1 heterocycles. The van der Waals surface area contributed by atoms with Crippen LogP contribution in [0.2, 0.25) is 0 Å². The molecule has 0 saturated heterocycles. The first-order chi connectivity index (χ1) is 15.0. The first kappa shape index (κ1) is 24.9. The number of aliphatic hydroxyl groups excluding tert-OH is 1. The third-order valence-electron chi connectivity index (χ3n) is 4.44. The van der Waals surface area contributed by atoms with Gasteiger partial charge in [0.15, 0.2) is 5.78 Å². The molecule has 0 radical (unpaired) electrons. The summed E-state index contributed by atoms with van der Waals surface area (Å²) in [6.45, 7) is 6.15. The van der Waals surface area contributed by atoms with E-state index in [2.05, 4.69) is 6.58 Å². The molecule has 7 heteroatoms. The van der Waals surface area contributed by atoms with E-state index in [1.165, 1.54) is 0 Å². The Hall–Kier alpha value is -2.35. The zero-order valence-electron chi connectivity index (χ0n) is 17.8. The topological polar surface area (TPSA) is 82.1 Å². The molecule has 0 fully saturated rings. The minimum Gasteiger partial charge on any atom is -0.491 e. The highest BCUT2D eigenvalue weighted by Crippen LogP contribution is 2.27. The maximum atomic E-state index is 12.8. The van der Waals surface area contributed by atoms with Crippen molar-refractivity contribution in [2.24, 2.45) is 5.92 Å². The molecule has 2 rings (SSSR count). The SMILES string of the molecule is C=CC(=O)OCCCCOCC(O)COC1=C/C(C)C(=O)c2ccccc2SC/C=C\1. The van der Waals surface area contributed by atoms with Crippen molar-refractivity contribution in [3.63, 3.8) is 0 Å². The van der Waals surface area contributed by atoms with E-state index in [0.717, 1.165) is 16.5 Å². The number of esters is 1. The number of hydrogen-bond acceptors (Lipinski definition) is 7. The predicted octanol–water partition coefficient (Wildman–Crippen LogP) is 3.95. The summed E-state index contributed by atoms with van der Waals surface area (Å²) in [5.41, 5.74) is 0.721. The first-order valence-electron chi connectivity index (χ1n) is 10.3. The van der Waals surface area contributed by atoms with Gasteiger partial charge in [-0.05, 0) is 31.1 Å². The monoisotopic (exact) mass is 446 g/mol. The van der Waals surface area contributed by atoms with Crippen molar-refractivity contribution >= 4 is 23.5 Å². The van der Waals surface area contributed by atoms with Crippen molar-refractivity contribution in [2.45, 2.75) is 30.8 Å². The maximum Gasteiger partial charge on any atom is 0.330 e. The molecular formula is C24H30O6S. The van der Waals surface area contributed by atoms with Gasteiger partial charge in [-0.3, -0.25) is 4.79 Å². The van der Waals surface area contributed by atoms with Gasteiger partial charge in [-0.1, -0.05) is 37.8 Å². The molecule has 1 aromatic rings. The Morgan fingerprint density at radius 1 is 1.29 bits per heavy atom. The van der Waals surface area contributed by atoms with Gasteiger partial charge in [-0.15, -0.1) is 11.8 Å². The van der Waals surface area contributed by atoms with Crippen molar-refractivity contribution in [1.29, 1.82) is 0 Å². The van der Waals surface area contributed by atoms with Crippen LogP contribution in [-0.4, -0.2) is 55.1 Å². The number of ketones is 1. The van der Waals surface area contributed by atoms with Crippen LogP contribution in [0.1, 0.15) is 30.1 Å². The fourth-order valence-corrected chi connectivity index (χ4v) is 3.69. The number of rotatable bonds is 11. The number of ether oxygens (including phenoxy) is 3. The summed E-state index contributed by atoms with van der Waals surface area (Å²) in [5.74, 6) is 0.540. The van der Waals surface area contributed by atoms with Crippen molar-refractivity contribution in [2.75, 3.05) is 32.2 Å². The van der Waals surface area contributed by atoms with Crippen molar-refractivity contribution in [1.82, 2.24) is 0 Å². The number of Topliss-reactive ketones (excluding diaryl/α,β-unsaturated/α-hetero) is 1. The van der Waals surface area contributed by atoms with Gasteiger partial charge < -0.3 is 19.3 Å². The van der Waals surface area contributed by atoms with Crippen LogP contribution < -0.4 is 0 Å². The number of carbonyl (C=O) groups is 2. The van der Waals surface area contributed by atoms with Gasteiger partial charge in [0.1, 0.15) is 18.5 Å². The Kier molecular flexibility index (Phi) is 11.1. The molecule has 1 aliphatic rings. The molecule has 1 N–H and O–H groups in total. The van der Waals surface area contributed by atoms with E-state index < -0.39 is 12.1 Å². The smallest absolute Gasteiger partial charge is 0.330 e. The Morgan fingerprint density at radius 2 is 2.06 bits per heavy atom. The van der Waals surface area contributed by atoms with Crippen LogP contribution in [0.4, 0.5) is 0 Å². The van der Waals surface area contributed by atoms with Gasteiger partial charge in [0.2, 0.25) is 0 Å². The first-order valence-corrected chi connectivity index (χ1v) is 11.3. The Labute approximate surface area is 188 Å². The van der Waals surface area contributed by atoms with Gasteiger partial charge in [-0.25, -0.2) is 4.79 Å². The predicted molar refractivity (Wildman–Crippen MR) is 121 cm³/mol. The average Bonchev–Trinajstić information content (AvgIpc) is 2.78. The number of hydrogen-bond donors (Lipinski definition) is 1. The quantitative estimate of drug-likeness (QED) is 0.313. The van der Waals surface area contributed by atoms with Crippen LogP contribution in [0.5, 0.6) is 0 Å².